The molecule has 4 rings (SSSR count). The summed E-state index contributed by atoms with van der Waals surface area (Å²) in [6, 6.07) is 2.07. The number of rotatable bonds is 3. The average molecular weight is 329 g/mol. The molecule has 21 heavy (non-hydrogen) atoms. The summed E-state index contributed by atoms with van der Waals surface area (Å²) in [4.78, 5) is 2.74. The fourth-order valence-corrected chi connectivity index (χ4v) is 6.96. The lowest BCUT2D eigenvalue weighted by Crippen LogP contribution is -2.72. The number of ether oxygens (including phenoxy) is 1. The molecule has 0 aromatic carbocycles. The van der Waals surface area contributed by atoms with Crippen LogP contribution in [-0.2, 0) is 4.74 Å². The van der Waals surface area contributed by atoms with Crippen LogP contribution in [0, 0.1) is 5.92 Å². The summed E-state index contributed by atoms with van der Waals surface area (Å²) < 4.78 is 6.07. The van der Waals surface area contributed by atoms with Gasteiger partial charge in [-0.25, -0.2) is 0 Å². The number of piperidine rings is 1. The first-order valence-electron chi connectivity index (χ1n) is 8.71. The van der Waals surface area contributed by atoms with Crippen molar-refractivity contribution in [2.45, 2.75) is 49.9 Å². The van der Waals surface area contributed by atoms with Crippen molar-refractivity contribution >= 4 is 23.5 Å². The first-order valence-corrected chi connectivity index (χ1v) is 11.0. The smallest absolute Gasteiger partial charge is 0.0789 e. The fraction of sp³-hybridized carbons (Fsp3) is 1.00. The van der Waals surface area contributed by atoms with Crippen molar-refractivity contribution in [3.8, 4) is 0 Å². The van der Waals surface area contributed by atoms with Crippen LogP contribution >= 0.6 is 23.5 Å². The summed E-state index contributed by atoms with van der Waals surface area (Å²) in [6.07, 6.45) is 6.00. The molecular weight excluding hydrogens is 300 g/mol. The Morgan fingerprint density at radius 3 is 2.52 bits per heavy atom. The maximum absolute atomic E-state index is 6.07. The number of hydrogen-bond acceptors (Lipinski definition) is 5. The van der Waals surface area contributed by atoms with E-state index in [0.29, 0.717) is 24.2 Å². The van der Waals surface area contributed by atoms with Crippen molar-refractivity contribution in [2.24, 2.45) is 5.92 Å². The molecule has 0 amide bonds. The van der Waals surface area contributed by atoms with Crippen molar-refractivity contribution < 1.29 is 4.74 Å². The van der Waals surface area contributed by atoms with Gasteiger partial charge in [0.2, 0.25) is 0 Å². The average Bonchev–Trinajstić information content (AvgIpc) is 2.75. The first-order chi connectivity index (χ1) is 10.4. The lowest BCUT2D eigenvalue weighted by Gasteiger charge is -2.54. The van der Waals surface area contributed by atoms with Crippen LogP contribution < -0.4 is 5.32 Å². The zero-order valence-corrected chi connectivity index (χ0v) is 14.5. The molecule has 3 aliphatic heterocycles. The Labute approximate surface area is 137 Å². The van der Waals surface area contributed by atoms with Gasteiger partial charge in [0.25, 0.3) is 0 Å². The third kappa shape index (κ3) is 3.14. The van der Waals surface area contributed by atoms with Gasteiger partial charge in [-0.3, -0.25) is 4.90 Å². The van der Waals surface area contributed by atoms with E-state index >= 15 is 0 Å². The van der Waals surface area contributed by atoms with E-state index in [1.165, 1.54) is 61.8 Å². The summed E-state index contributed by atoms with van der Waals surface area (Å²) in [5, 5.41) is 4.05. The molecule has 3 nitrogen and oxygen atoms in total. The molecule has 3 heterocycles. The molecule has 1 aliphatic carbocycles. The molecule has 0 spiro atoms. The van der Waals surface area contributed by atoms with E-state index in [4.69, 9.17) is 4.74 Å². The van der Waals surface area contributed by atoms with Crippen LogP contribution in [0.3, 0.4) is 0 Å². The second-order valence-electron chi connectivity index (χ2n) is 6.91. The van der Waals surface area contributed by atoms with Crippen molar-refractivity contribution in [2.75, 3.05) is 42.7 Å². The van der Waals surface area contributed by atoms with Crippen LogP contribution in [-0.4, -0.2) is 71.8 Å². The van der Waals surface area contributed by atoms with Crippen LogP contribution in [0.1, 0.15) is 25.7 Å². The number of likely N-dealkylation sites (tertiary alicyclic amines) is 1. The van der Waals surface area contributed by atoms with Gasteiger partial charge in [-0.1, -0.05) is 6.42 Å². The summed E-state index contributed by atoms with van der Waals surface area (Å²) in [7, 11) is 0. The molecule has 3 saturated heterocycles. The molecule has 0 aromatic rings. The Morgan fingerprint density at radius 2 is 1.76 bits per heavy atom. The highest BCUT2D eigenvalue weighted by molar-refractivity contribution is 8.03. The molecule has 1 saturated carbocycles. The minimum Gasteiger partial charge on any atom is -0.376 e. The van der Waals surface area contributed by atoms with Gasteiger partial charge in [-0.05, 0) is 32.4 Å². The molecule has 4 atom stereocenters. The van der Waals surface area contributed by atoms with Crippen molar-refractivity contribution in [3.05, 3.63) is 0 Å². The molecule has 5 heteroatoms. The van der Waals surface area contributed by atoms with Gasteiger partial charge in [0, 0.05) is 47.6 Å². The highest BCUT2D eigenvalue weighted by Crippen LogP contribution is 2.43. The van der Waals surface area contributed by atoms with Crippen molar-refractivity contribution in [3.63, 3.8) is 0 Å². The summed E-state index contributed by atoms with van der Waals surface area (Å²) in [5.41, 5.74) is 0. The standard InChI is InChI=1S/C16H28N2OS2/c1-2-5-18(6-3-1)15-14(13-4-7-19-16(13)15)17-12-10-20-8-9-21-11-12/h12-17H,1-11H2/t13-,14+,15-,16-/m1/s1. The van der Waals surface area contributed by atoms with Crippen LogP contribution in [0.5, 0.6) is 0 Å². The minimum atomic E-state index is 0.534. The van der Waals surface area contributed by atoms with E-state index in [0.717, 1.165) is 12.5 Å². The van der Waals surface area contributed by atoms with Gasteiger partial charge in [0.1, 0.15) is 0 Å². The van der Waals surface area contributed by atoms with Gasteiger partial charge in [0.05, 0.1) is 12.1 Å². The van der Waals surface area contributed by atoms with Crippen LogP contribution in [0.15, 0.2) is 0 Å². The van der Waals surface area contributed by atoms with E-state index < -0.39 is 0 Å². The normalized spacial score (nSPS) is 42.3. The molecule has 0 bridgehead atoms. The molecule has 120 valence electrons. The molecule has 0 unspecified atom stereocenters. The van der Waals surface area contributed by atoms with Gasteiger partial charge >= 0.3 is 0 Å². The fourth-order valence-electron chi connectivity index (χ4n) is 4.54. The summed E-state index contributed by atoms with van der Waals surface area (Å²) >= 11 is 4.27. The largest absolute Gasteiger partial charge is 0.376 e. The lowest BCUT2D eigenvalue weighted by atomic mass is 9.70. The molecule has 1 N–H and O–H groups in total. The minimum absolute atomic E-state index is 0.534. The van der Waals surface area contributed by atoms with E-state index in [1.807, 2.05) is 0 Å². The SMILES string of the molecule is C1CCN([C@@H]2[C@@H](NC3CSCCSC3)[C@H]3CCO[C@H]32)CC1. The highest BCUT2D eigenvalue weighted by atomic mass is 32.2. The van der Waals surface area contributed by atoms with Gasteiger partial charge in [-0.15, -0.1) is 0 Å². The van der Waals surface area contributed by atoms with E-state index in [9.17, 15) is 0 Å². The van der Waals surface area contributed by atoms with E-state index in [1.54, 1.807) is 0 Å². The Bertz CT molecular complexity index is 343. The van der Waals surface area contributed by atoms with E-state index in [2.05, 4.69) is 33.7 Å². The molecular formula is C16H28N2OS2. The zero-order chi connectivity index (χ0) is 14.1. The van der Waals surface area contributed by atoms with Gasteiger partial charge < -0.3 is 10.1 Å². The highest BCUT2D eigenvalue weighted by Gasteiger charge is 2.56. The van der Waals surface area contributed by atoms with Gasteiger partial charge in [0.15, 0.2) is 0 Å². The molecule has 0 aromatic heterocycles. The maximum Gasteiger partial charge on any atom is 0.0789 e. The number of hydrogen-bond donors (Lipinski definition) is 1. The molecule has 4 fully saturated rings. The van der Waals surface area contributed by atoms with Crippen LogP contribution in [0.2, 0.25) is 0 Å². The van der Waals surface area contributed by atoms with Crippen LogP contribution in [0.25, 0.3) is 0 Å². The third-order valence-corrected chi connectivity index (χ3v) is 8.12. The molecule has 0 radical (unpaired) electrons. The van der Waals surface area contributed by atoms with Crippen molar-refractivity contribution in [1.29, 1.82) is 0 Å². The summed E-state index contributed by atoms with van der Waals surface area (Å²) in [6.45, 7) is 3.58. The quantitative estimate of drug-likeness (QED) is 0.855. The second-order valence-corrected chi connectivity index (χ2v) is 9.21. The predicted octanol–water partition coefficient (Wildman–Crippen LogP) is 2.07. The lowest BCUT2D eigenvalue weighted by molar-refractivity contribution is -0.0906. The number of nitrogens with zero attached hydrogens (tertiary/aromatic N) is 1. The first kappa shape index (κ1) is 15.1. The number of nitrogens with one attached hydrogen (secondary N) is 1. The molecule has 4 aliphatic rings. The topological polar surface area (TPSA) is 24.5 Å². The Morgan fingerprint density at radius 1 is 1.00 bits per heavy atom. The monoisotopic (exact) mass is 328 g/mol. The Kier molecular flexibility index (Phi) is 5.04. The Hall–Kier alpha value is 0.580. The van der Waals surface area contributed by atoms with Crippen molar-refractivity contribution in [1.82, 2.24) is 10.2 Å². The third-order valence-electron chi connectivity index (χ3n) is 5.60. The Balaban J connectivity index is 1.41. The second kappa shape index (κ2) is 7.00. The van der Waals surface area contributed by atoms with Crippen LogP contribution in [0.4, 0.5) is 0 Å². The van der Waals surface area contributed by atoms with E-state index in [-0.39, 0.29) is 0 Å². The predicted molar refractivity (Wildman–Crippen MR) is 92.4 cm³/mol. The summed E-state index contributed by atoms with van der Waals surface area (Å²) in [5.74, 6) is 6.05. The zero-order valence-electron chi connectivity index (χ0n) is 12.8. The number of thioether (sulfide) groups is 2. The number of fused-ring (bicyclic) bond motifs is 1. The van der Waals surface area contributed by atoms with Gasteiger partial charge in [-0.2, -0.15) is 23.5 Å². The maximum atomic E-state index is 6.07.